The smallest absolute Gasteiger partial charge is 0.266 e. The van der Waals surface area contributed by atoms with E-state index in [1.54, 1.807) is 36.7 Å². The van der Waals surface area contributed by atoms with Crippen molar-refractivity contribution in [1.82, 2.24) is 4.98 Å². The van der Waals surface area contributed by atoms with Gasteiger partial charge in [0, 0.05) is 17.6 Å². The van der Waals surface area contributed by atoms with Gasteiger partial charge in [0.1, 0.15) is 5.75 Å². The number of anilines is 1. The van der Waals surface area contributed by atoms with Crippen LogP contribution < -0.4 is 19.5 Å². The second-order valence-corrected chi connectivity index (χ2v) is 5.00. The first-order chi connectivity index (χ1) is 9.72. The van der Waals surface area contributed by atoms with Crippen LogP contribution in [0.5, 0.6) is 17.2 Å². The van der Waals surface area contributed by atoms with Gasteiger partial charge < -0.3 is 14.2 Å². The zero-order chi connectivity index (χ0) is 13.9. The van der Waals surface area contributed by atoms with Gasteiger partial charge in [-0.25, -0.2) is 4.98 Å². The number of nitrogens with one attached hydrogen (secondary N) is 1. The molecule has 104 valence electrons. The molecule has 1 atom stereocenters. The Bertz CT molecular complexity index is 615. The van der Waals surface area contributed by atoms with Gasteiger partial charge in [-0.15, -0.1) is 11.3 Å². The Hall–Kier alpha value is -2.28. The number of carbonyl (C=O) groups is 1. The number of thiazole rings is 1. The van der Waals surface area contributed by atoms with Crippen molar-refractivity contribution in [2.24, 2.45) is 0 Å². The zero-order valence-electron chi connectivity index (χ0n) is 10.7. The van der Waals surface area contributed by atoms with Crippen LogP contribution in [0.25, 0.3) is 0 Å². The second-order valence-electron chi connectivity index (χ2n) is 4.10. The second kappa shape index (κ2) is 5.38. The van der Waals surface area contributed by atoms with Crippen molar-refractivity contribution in [2.45, 2.75) is 13.0 Å². The summed E-state index contributed by atoms with van der Waals surface area (Å²) in [4.78, 5) is 15.9. The molecule has 0 spiro atoms. The molecule has 0 saturated carbocycles. The van der Waals surface area contributed by atoms with Crippen molar-refractivity contribution in [3.05, 3.63) is 29.8 Å². The molecular formula is C13H12N2O4S. The summed E-state index contributed by atoms with van der Waals surface area (Å²) in [6.07, 6.45) is 0.989. The zero-order valence-corrected chi connectivity index (χ0v) is 11.5. The fourth-order valence-electron chi connectivity index (χ4n) is 1.70. The number of fused-ring (bicyclic) bond motifs is 1. The fraction of sp³-hybridized carbons (Fsp3) is 0.231. The van der Waals surface area contributed by atoms with E-state index in [4.69, 9.17) is 14.2 Å². The number of hydrogen-bond donors (Lipinski definition) is 1. The lowest BCUT2D eigenvalue weighted by molar-refractivity contribution is -0.122. The fourth-order valence-corrected chi connectivity index (χ4v) is 2.23. The number of nitrogens with zero attached hydrogens (tertiary/aromatic N) is 1. The van der Waals surface area contributed by atoms with E-state index in [2.05, 4.69) is 10.3 Å². The van der Waals surface area contributed by atoms with Gasteiger partial charge in [0.2, 0.25) is 6.79 Å². The first-order valence-electron chi connectivity index (χ1n) is 5.99. The third-order valence-electron chi connectivity index (χ3n) is 2.69. The van der Waals surface area contributed by atoms with E-state index in [9.17, 15) is 4.79 Å². The Morgan fingerprint density at radius 3 is 3.10 bits per heavy atom. The predicted octanol–water partition coefficient (Wildman–Crippen LogP) is 2.28. The van der Waals surface area contributed by atoms with Crippen molar-refractivity contribution in [3.63, 3.8) is 0 Å². The molecule has 1 amide bonds. The van der Waals surface area contributed by atoms with Gasteiger partial charge in [0.15, 0.2) is 22.7 Å². The maximum absolute atomic E-state index is 11.9. The summed E-state index contributed by atoms with van der Waals surface area (Å²) in [7, 11) is 0. The molecule has 1 aliphatic heterocycles. The Balaban J connectivity index is 1.63. The molecule has 2 aromatic rings. The normalized spacial score (nSPS) is 13.8. The summed E-state index contributed by atoms with van der Waals surface area (Å²) in [5, 5.41) is 5.02. The predicted molar refractivity (Wildman–Crippen MR) is 73.4 cm³/mol. The first-order valence-corrected chi connectivity index (χ1v) is 6.87. The summed E-state index contributed by atoms with van der Waals surface area (Å²) in [5.74, 6) is 1.60. The number of carbonyl (C=O) groups excluding carboxylic acids is 1. The first kappa shape index (κ1) is 12.7. The van der Waals surface area contributed by atoms with Crippen molar-refractivity contribution < 1.29 is 19.0 Å². The highest BCUT2D eigenvalue weighted by molar-refractivity contribution is 7.13. The van der Waals surface area contributed by atoms with E-state index >= 15 is 0 Å². The Morgan fingerprint density at radius 2 is 2.30 bits per heavy atom. The molecule has 1 aromatic heterocycles. The number of benzene rings is 1. The molecule has 2 heterocycles. The molecule has 0 radical (unpaired) electrons. The van der Waals surface area contributed by atoms with Crippen LogP contribution >= 0.6 is 11.3 Å². The van der Waals surface area contributed by atoms with Crippen LogP contribution in [-0.4, -0.2) is 23.8 Å². The van der Waals surface area contributed by atoms with Gasteiger partial charge in [-0.1, -0.05) is 0 Å². The SMILES string of the molecule is C[C@@H](Oc1ccc2c(c1)OCO2)C(=O)Nc1nccs1. The number of rotatable bonds is 4. The lowest BCUT2D eigenvalue weighted by Crippen LogP contribution is -2.30. The molecule has 1 N–H and O–H groups in total. The molecule has 1 aliphatic rings. The van der Waals surface area contributed by atoms with E-state index < -0.39 is 6.10 Å². The van der Waals surface area contributed by atoms with Gasteiger partial charge in [-0.2, -0.15) is 0 Å². The van der Waals surface area contributed by atoms with Gasteiger partial charge in [0.05, 0.1) is 0 Å². The number of aromatic nitrogens is 1. The Kier molecular flexibility index (Phi) is 3.42. The minimum atomic E-state index is -0.640. The molecule has 7 heteroatoms. The van der Waals surface area contributed by atoms with Gasteiger partial charge in [-0.05, 0) is 19.1 Å². The molecule has 1 aromatic carbocycles. The van der Waals surface area contributed by atoms with Crippen molar-refractivity contribution in [2.75, 3.05) is 12.1 Å². The van der Waals surface area contributed by atoms with Crippen LogP contribution in [0.1, 0.15) is 6.92 Å². The van der Waals surface area contributed by atoms with Gasteiger partial charge in [0.25, 0.3) is 5.91 Å². The average Bonchev–Trinajstić information content (AvgIpc) is 3.08. The lowest BCUT2D eigenvalue weighted by Gasteiger charge is -2.13. The van der Waals surface area contributed by atoms with Crippen molar-refractivity contribution >= 4 is 22.4 Å². The third-order valence-corrected chi connectivity index (χ3v) is 3.38. The Labute approximate surface area is 119 Å². The standard InChI is InChI=1S/C13H12N2O4S/c1-8(12(16)15-13-14-4-5-20-13)19-9-2-3-10-11(6-9)18-7-17-10/h2-6,8H,7H2,1H3,(H,14,15,16)/t8-/m1/s1. The molecule has 0 aliphatic carbocycles. The monoisotopic (exact) mass is 292 g/mol. The van der Waals surface area contributed by atoms with Gasteiger partial charge >= 0.3 is 0 Å². The number of ether oxygens (including phenoxy) is 3. The summed E-state index contributed by atoms with van der Waals surface area (Å²) in [6.45, 7) is 1.88. The van der Waals surface area contributed by atoms with Crippen LogP contribution in [0.15, 0.2) is 29.8 Å². The molecule has 0 unspecified atom stereocenters. The van der Waals surface area contributed by atoms with E-state index in [1.165, 1.54) is 11.3 Å². The molecule has 20 heavy (non-hydrogen) atoms. The van der Waals surface area contributed by atoms with E-state index in [1.807, 2.05) is 0 Å². The highest BCUT2D eigenvalue weighted by Crippen LogP contribution is 2.35. The van der Waals surface area contributed by atoms with Crippen LogP contribution in [0, 0.1) is 0 Å². The number of amides is 1. The quantitative estimate of drug-likeness (QED) is 0.936. The van der Waals surface area contributed by atoms with E-state index in [-0.39, 0.29) is 12.7 Å². The van der Waals surface area contributed by atoms with Crippen molar-refractivity contribution in [1.29, 1.82) is 0 Å². The minimum Gasteiger partial charge on any atom is -0.481 e. The van der Waals surface area contributed by atoms with Crippen LogP contribution in [-0.2, 0) is 4.79 Å². The molecular weight excluding hydrogens is 280 g/mol. The Morgan fingerprint density at radius 1 is 1.45 bits per heavy atom. The number of hydrogen-bond acceptors (Lipinski definition) is 6. The van der Waals surface area contributed by atoms with Gasteiger partial charge in [-0.3, -0.25) is 10.1 Å². The summed E-state index contributed by atoms with van der Waals surface area (Å²) in [5.41, 5.74) is 0. The topological polar surface area (TPSA) is 69.7 Å². The summed E-state index contributed by atoms with van der Waals surface area (Å²) < 4.78 is 16.0. The molecule has 3 rings (SSSR count). The molecule has 0 fully saturated rings. The van der Waals surface area contributed by atoms with Crippen molar-refractivity contribution in [3.8, 4) is 17.2 Å². The highest BCUT2D eigenvalue weighted by atomic mass is 32.1. The lowest BCUT2D eigenvalue weighted by atomic mass is 10.3. The molecule has 0 bridgehead atoms. The molecule has 0 saturated heterocycles. The summed E-state index contributed by atoms with van der Waals surface area (Å²) >= 11 is 1.36. The van der Waals surface area contributed by atoms with Crippen LogP contribution in [0.3, 0.4) is 0 Å². The maximum Gasteiger partial charge on any atom is 0.266 e. The largest absolute Gasteiger partial charge is 0.481 e. The third kappa shape index (κ3) is 2.67. The summed E-state index contributed by atoms with van der Waals surface area (Å²) in [6, 6.07) is 5.19. The van der Waals surface area contributed by atoms with Crippen LogP contribution in [0.2, 0.25) is 0 Å². The highest BCUT2D eigenvalue weighted by Gasteiger charge is 2.18. The van der Waals surface area contributed by atoms with Crippen LogP contribution in [0.4, 0.5) is 5.13 Å². The van der Waals surface area contributed by atoms with E-state index in [0.717, 1.165) is 0 Å². The average molecular weight is 292 g/mol. The maximum atomic E-state index is 11.9. The minimum absolute atomic E-state index is 0.207. The van der Waals surface area contributed by atoms with E-state index in [0.29, 0.717) is 22.4 Å². The molecule has 6 nitrogen and oxygen atoms in total.